The molecule has 33 heavy (non-hydrogen) atoms. The molecule has 2 N–H and O–H groups in total. The number of methoxy groups -OCH3 is 1. The van der Waals surface area contributed by atoms with Gasteiger partial charge < -0.3 is 24.8 Å². The Morgan fingerprint density at radius 2 is 1.67 bits per heavy atom. The van der Waals surface area contributed by atoms with Crippen molar-refractivity contribution in [2.75, 3.05) is 32.2 Å². The van der Waals surface area contributed by atoms with E-state index in [9.17, 15) is 14.4 Å². The number of rotatable bonds is 10. The first kappa shape index (κ1) is 24.1. The number of nitrogens with one attached hydrogen (secondary N) is 2. The Morgan fingerprint density at radius 1 is 0.909 bits per heavy atom. The number of benzene rings is 2. The summed E-state index contributed by atoms with van der Waals surface area (Å²) in [5.41, 5.74) is 0.895. The maximum Gasteiger partial charge on any atom is 0.338 e. The maximum absolute atomic E-state index is 12.2. The average molecular weight is 455 g/mol. The molecule has 3 rings (SSSR count). The Balaban J connectivity index is 1.37. The number of esters is 1. The van der Waals surface area contributed by atoms with Crippen molar-refractivity contribution in [3.8, 4) is 11.5 Å². The monoisotopic (exact) mass is 454 g/mol. The van der Waals surface area contributed by atoms with Crippen molar-refractivity contribution in [2.45, 2.75) is 32.1 Å². The van der Waals surface area contributed by atoms with E-state index in [1.807, 2.05) is 0 Å². The quantitative estimate of drug-likeness (QED) is 0.532. The third kappa shape index (κ3) is 8.14. The van der Waals surface area contributed by atoms with E-state index >= 15 is 0 Å². The van der Waals surface area contributed by atoms with Gasteiger partial charge in [0.2, 0.25) is 0 Å². The van der Waals surface area contributed by atoms with Gasteiger partial charge in [-0.2, -0.15) is 0 Å². The SMILES string of the molecule is COc1cccc(NC(=O)COc2ccc(C(=O)OCC(=O)NCC3CCCCC3)cc2)c1. The van der Waals surface area contributed by atoms with Gasteiger partial charge in [0.25, 0.3) is 11.8 Å². The van der Waals surface area contributed by atoms with E-state index in [-0.39, 0.29) is 25.0 Å². The van der Waals surface area contributed by atoms with E-state index in [0.717, 1.165) is 12.8 Å². The normalized spacial score (nSPS) is 13.6. The second-order valence-electron chi connectivity index (χ2n) is 7.98. The zero-order chi connectivity index (χ0) is 23.5. The van der Waals surface area contributed by atoms with Crippen LogP contribution in [0.2, 0.25) is 0 Å². The van der Waals surface area contributed by atoms with Crippen molar-refractivity contribution in [1.29, 1.82) is 0 Å². The van der Waals surface area contributed by atoms with E-state index in [2.05, 4.69) is 10.6 Å². The van der Waals surface area contributed by atoms with Gasteiger partial charge in [-0.25, -0.2) is 4.79 Å². The lowest BCUT2D eigenvalue weighted by atomic mass is 9.89. The van der Waals surface area contributed by atoms with Crippen LogP contribution in [0.25, 0.3) is 0 Å². The summed E-state index contributed by atoms with van der Waals surface area (Å²) in [4.78, 5) is 36.2. The fraction of sp³-hybridized carbons (Fsp3) is 0.400. The van der Waals surface area contributed by atoms with Crippen molar-refractivity contribution in [1.82, 2.24) is 5.32 Å². The molecule has 0 aliphatic heterocycles. The molecule has 0 radical (unpaired) electrons. The van der Waals surface area contributed by atoms with Crippen LogP contribution in [0.4, 0.5) is 5.69 Å². The molecule has 1 saturated carbocycles. The van der Waals surface area contributed by atoms with Gasteiger partial charge in [-0.3, -0.25) is 9.59 Å². The molecule has 1 fully saturated rings. The van der Waals surface area contributed by atoms with E-state index < -0.39 is 5.97 Å². The second-order valence-corrected chi connectivity index (χ2v) is 7.98. The van der Waals surface area contributed by atoms with Crippen molar-refractivity contribution in [3.05, 3.63) is 54.1 Å². The summed E-state index contributed by atoms with van der Waals surface area (Å²) >= 11 is 0. The molecule has 0 atom stereocenters. The van der Waals surface area contributed by atoms with Crippen molar-refractivity contribution < 1.29 is 28.6 Å². The summed E-state index contributed by atoms with van der Waals surface area (Å²) in [7, 11) is 1.55. The largest absolute Gasteiger partial charge is 0.497 e. The van der Waals surface area contributed by atoms with E-state index in [4.69, 9.17) is 14.2 Å². The van der Waals surface area contributed by atoms with Crippen LogP contribution < -0.4 is 20.1 Å². The molecule has 1 aliphatic rings. The minimum atomic E-state index is -0.592. The predicted octanol–water partition coefficient (Wildman–Crippen LogP) is 3.57. The fourth-order valence-corrected chi connectivity index (χ4v) is 3.65. The molecular weight excluding hydrogens is 424 g/mol. The second kappa shape index (κ2) is 12.5. The third-order valence-electron chi connectivity index (χ3n) is 5.46. The Kier molecular flexibility index (Phi) is 9.11. The number of anilines is 1. The minimum Gasteiger partial charge on any atom is -0.497 e. The first-order valence-electron chi connectivity index (χ1n) is 11.1. The highest BCUT2D eigenvalue weighted by atomic mass is 16.5. The molecule has 2 aromatic rings. The Morgan fingerprint density at radius 3 is 2.39 bits per heavy atom. The van der Waals surface area contributed by atoms with Crippen molar-refractivity contribution in [3.63, 3.8) is 0 Å². The van der Waals surface area contributed by atoms with Crippen LogP contribution >= 0.6 is 0 Å². The fourth-order valence-electron chi connectivity index (χ4n) is 3.65. The molecule has 176 valence electrons. The molecule has 2 aromatic carbocycles. The zero-order valence-electron chi connectivity index (χ0n) is 18.8. The number of hydrogen-bond donors (Lipinski definition) is 2. The first-order valence-corrected chi connectivity index (χ1v) is 11.1. The number of carbonyl (C=O) groups is 3. The van der Waals surface area contributed by atoms with Gasteiger partial charge in [0, 0.05) is 18.3 Å². The summed E-state index contributed by atoms with van der Waals surface area (Å²) in [6.07, 6.45) is 5.96. The summed E-state index contributed by atoms with van der Waals surface area (Å²) in [5.74, 6) is 0.367. The third-order valence-corrected chi connectivity index (χ3v) is 5.46. The lowest BCUT2D eigenvalue weighted by Gasteiger charge is -2.21. The Hall–Kier alpha value is -3.55. The zero-order valence-corrected chi connectivity index (χ0v) is 18.8. The van der Waals surface area contributed by atoms with Gasteiger partial charge in [-0.1, -0.05) is 25.3 Å². The molecule has 0 aromatic heterocycles. The highest BCUT2D eigenvalue weighted by Gasteiger charge is 2.15. The highest BCUT2D eigenvalue weighted by molar-refractivity contribution is 5.92. The molecule has 0 heterocycles. The van der Waals surface area contributed by atoms with Gasteiger partial charge >= 0.3 is 5.97 Å². The van der Waals surface area contributed by atoms with Gasteiger partial charge in [0.05, 0.1) is 12.7 Å². The molecule has 8 nitrogen and oxygen atoms in total. The number of amides is 2. The van der Waals surface area contributed by atoms with Crippen LogP contribution in [0.5, 0.6) is 11.5 Å². The molecule has 1 aliphatic carbocycles. The number of hydrogen-bond acceptors (Lipinski definition) is 6. The van der Waals surface area contributed by atoms with Crippen LogP contribution in [0, 0.1) is 5.92 Å². The summed E-state index contributed by atoms with van der Waals surface area (Å²) in [6, 6.07) is 13.2. The van der Waals surface area contributed by atoms with Gasteiger partial charge in [-0.05, 0) is 55.2 Å². The summed E-state index contributed by atoms with van der Waals surface area (Å²) in [5, 5.41) is 5.56. The van der Waals surface area contributed by atoms with E-state index in [0.29, 0.717) is 35.2 Å². The standard InChI is InChI=1S/C25H30N2O6/c1-31-22-9-5-8-20(14-22)27-24(29)17-32-21-12-10-19(11-13-21)25(30)33-16-23(28)26-15-18-6-3-2-4-7-18/h5,8-14,18H,2-4,6-7,15-17H2,1H3,(H,26,28)(H,27,29). The van der Waals surface area contributed by atoms with Crippen LogP contribution in [0.1, 0.15) is 42.5 Å². The van der Waals surface area contributed by atoms with Crippen molar-refractivity contribution in [2.24, 2.45) is 5.92 Å². The predicted molar refractivity (Wildman–Crippen MR) is 123 cm³/mol. The molecule has 0 saturated heterocycles. The van der Waals surface area contributed by atoms with Crippen LogP contribution in [0.3, 0.4) is 0 Å². The van der Waals surface area contributed by atoms with E-state index in [1.165, 1.54) is 31.4 Å². The lowest BCUT2D eigenvalue weighted by molar-refractivity contribution is -0.124. The first-order chi connectivity index (χ1) is 16.0. The number of carbonyl (C=O) groups excluding carboxylic acids is 3. The minimum absolute atomic E-state index is 0.192. The molecule has 0 unspecified atom stereocenters. The van der Waals surface area contributed by atoms with Gasteiger partial charge in [-0.15, -0.1) is 0 Å². The lowest BCUT2D eigenvalue weighted by Crippen LogP contribution is -2.33. The topological polar surface area (TPSA) is 103 Å². The molecule has 2 amide bonds. The van der Waals surface area contributed by atoms with E-state index in [1.54, 1.807) is 43.5 Å². The van der Waals surface area contributed by atoms with Crippen molar-refractivity contribution >= 4 is 23.5 Å². The Bertz CT molecular complexity index is 938. The molecular formula is C25H30N2O6. The smallest absolute Gasteiger partial charge is 0.338 e. The maximum atomic E-state index is 12.2. The van der Waals surface area contributed by atoms with Gasteiger partial charge in [0.15, 0.2) is 13.2 Å². The highest BCUT2D eigenvalue weighted by Crippen LogP contribution is 2.22. The Labute approximate surface area is 193 Å². The van der Waals surface area contributed by atoms with Crippen LogP contribution in [-0.4, -0.2) is 44.7 Å². The molecule has 8 heteroatoms. The number of ether oxygens (including phenoxy) is 3. The van der Waals surface area contributed by atoms with Gasteiger partial charge in [0.1, 0.15) is 11.5 Å². The average Bonchev–Trinajstić information content (AvgIpc) is 2.85. The van der Waals surface area contributed by atoms with Crippen LogP contribution in [-0.2, 0) is 14.3 Å². The molecule has 0 bridgehead atoms. The van der Waals surface area contributed by atoms with Crippen LogP contribution in [0.15, 0.2) is 48.5 Å². The summed E-state index contributed by atoms with van der Waals surface area (Å²) < 4.78 is 15.7. The molecule has 0 spiro atoms. The summed E-state index contributed by atoms with van der Waals surface area (Å²) in [6.45, 7) is 0.129.